The van der Waals surface area contributed by atoms with Crippen molar-refractivity contribution in [3.05, 3.63) is 58.3 Å². The van der Waals surface area contributed by atoms with E-state index in [1.165, 1.54) is 22.2 Å². The summed E-state index contributed by atoms with van der Waals surface area (Å²) in [5.74, 6) is 0.252. The molecule has 12 heteroatoms. The first kappa shape index (κ1) is 22.2. The molecule has 4 heterocycles. The van der Waals surface area contributed by atoms with Crippen LogP contribution in [0.4, 0.5) is 11.5 Å². The van der Waals surface area contributed by atoms with Gasteiger partial charge in [0.05, 0.1) is 23.8 Å². The second kappa shape index (κ2) is 9.33. The van der Waals surface area contributed by atoms with Crippen molar-refractivity contribution < 1.29 is 9.53 Å². The van der Waals surface area contributed by atoms with Crippen molar-refractivity contribution in [1.82, 2.24) is 29.4 Å². The molecule has 1 aromatic carbocycles. The van der Waals surface area contributed by atoms with Gasteiger partial charge in [0.2, 0.25) is 0 Å². The highest BCUT2D eigenvalue weighted by molar-refractivity contribution is 7.12. The first-order valence-electron chi connectivity index (χ1n) is 10.8. The van der Waals surface area contributed by atoms with Crippen LogP contribution in [0.2, 0.25) is 0 Å². The van der Waals surface area contributed by atoms with Crippen molar-refractivity contribution in [1.29, 1.82) is 0 Å². The number of fused-ring (bicyclic) bond motifs is 1. The van der Waals surface area contributed by atoms with Gasteiger partial charge in [0.15, 0.2) is 10.9 Å². The molecule has 1 fully saturated rings. The number of thiazole rings is 1. The van der Waals surface area contributed by atoms with Crippen LogP contribution in [-0.4, -0.2) is 69.4 Å². The van der Waals surface area contributed by atoms with Gasteiger partial charge in [-0.15, -0.1) is 11.3 Å². The monoisotopic (exact) mass is 480 g/mol. The highest BCUT2D eigenvalue weighted by Gasteiger charge is 2.24. The number of anilines is 2. The molecule has 11 nitrogen and oxygen atoms in total. The predicted molar refractivity (Wildman–Crippen MR) is 130 cm³/mol. The van der Waals surface area contributed by atoms with Crippen molar-refractivity contribution in [3.63, 3.8) is 0 Å². The van der Waals surface area contributed by atoms with Crippen LogP contribution < -0.4 is 21.2 Å². The Morgan fingerprint density at radius 3 is 2.97 bits per heavy atom. The van der Waals surface area contributed by atoms with Crippen LogP contribution in [0.3, 0.4) is 0 Å². The van der Waals surface area contributed by atoms with Gasteiger partial charge in [0, 0.05) is 45.2 Å². The Bertz CT molecular complexity index is 1390. The summed E-state index contributed by atoms with van der Waals surface area (Å²) in [5, 5.41) is 8.37. The first-order chi connectivity index (χ1) is 16.6. The van der Waals surface area contributed by atoms with Gasteiger partial charge in [-0.3, -0.25) is 9.36 Å². The molecule has 1 aliphatic heterocycles. The second-order valence-electron chi connectivity index (χ2n) is 7.95. The van der Waals surface area contributed by atoms with Gasteiger partial charge in [-0.25, -0.2) is 24.3 Å². The predicted octanol–water partition coefficient (Wildman–Crippen LogP) is 1.25. The average Bonchev–Trinajstić information content (AvgIpc) is 3.43. The number of carbonyl (C=O) groups excluding carboxylic acids is 1. The lowest BCUT2D eigenvalue weighted by atomic mass is 10.2. The maximum atomic E-state index is 13.0. The number of hydrogen-bond donors (Lipinski definition) is 2. The lowest BCUT2D eigenvalue weighted by molar-refractivity contribution is 0.102. The summed E-state index contributed by atoms with van der Waals surface area (Å²) in [6.45, 7) is 2.79. The Balaban J connectivity index is 1.40. The summed E-state index contributed by atoms with van der Waals surface area (Å²) in [5.41, 5.74) is 2.03. The average molecular weight is 481 g/mol. The Hall–Kier alpha value is -3.61. The summed E-state index contributed by atoms with van der Waals surface area (Å²) < 4.78 is 8.35. The van der Waals surface area contributed by atoms with Crippen molar-refractivity contribution in [3.8, 4) is 5.13 Å². The van der Waals surface area contributed by atoms with Gasteiger partial charge in [0.1, 0.15) is 17.7 Å². The molecule has 1 atom stereocenters. The minimum atomic E-state index is -0.393. The zero-order valence-electron chi connectivity index (χ0n) is 18.8. The van der Waals surface area contributed by atoms with Gasteiger partial charge < -0.3 is 20.3 Å². The molecule has 34 heavy (non-hydrogen) atoms. The second-order valence-corrected chi connectivity index (χ2v) is 8.78. The molecule has 5 rings (SSSR count). The quantitative estimate of drug-likeness (QED) is 0.423. The third kappa shape index (κ3) is 4.06. The van der Waals surface area contributed by atoms with Crippen LogP contribution in [0.1, 0.15) is 10.5 Å². The van der Waals surface area contributed by atoms with Crippen molar-refractivity contribution in [2.24, 2.45) is 7.05 Å². The highest BCUT2D eigenvalue weighted by atomic mass is 32.1. The number of aromatic nitrogens is 5. The molecule has 1 aliphatic rings. The highest BCUT2D eigenvalue weighted by Crippen LogP contribution is 2.25. The van der Waals surface area contributed by atoms with Crippen LogP contribution in [0, 0.1) is 0 Å². The van der Waals surface area contributed by atoms with Gasteiger partial charge >= 0.3 is 5.69 Å². The van der Waals surface area contributed by atoms with E-state index in [9.17, 15) is 9.59 Å². The fourth-order valence-electron chi connectivity index (χ4n) is 4.13. The minimum Gasteiger partial charge on any atom is -0.383 e. The van der Waals surface area contributed by atoms with E-state index in [0.717, 1.165) is 24.1 Å². The van der Waals surface area contributed by atoms with E-state index in [0.29, 0.717) is 29.8 Å². The summed E-state index contributed by atoms with van der Waals surface area (Å²) >= 11 is 1.24. The number of piperazine rings is 1. The maximum absolute atomic E-state index is 13.0. The van der Waals surface area contributed by atoms with E-state index < -0.39 is 5.91 Å². The zero-order chi connectivity index (χ0) is 23.7. The van der Waals surface area contributed by atoms with E-state index in [-0.39, 0.29) is 17.4 Å². The molecule has 1 amide bonds. The summed E-state index contributed by atoms with van der Waals surface area (Å²) in [6.07, 6.45) is 3.04. The Kier molecular flexibility index (Phi) is 6.09. The molecule has 0 unspecified atom stereocenters. The van der Waals surface area contributed by atoms with E-state index >= 15 is 0 Å². The van der Waals surface area contributed by atoms with Crippen LogP contribution >= 0.6 is 11.3 Å². The molecule has 0 bridgehead atoms. The largest absolute Gasteiger partial charge is 0.383 e. The maximum Gasteiger partial charge on any atom is 0.335 e. The third-order valence-corrected chi connectivity index (χ3v) is 6.57. The van der Waals surface area contributed by atoms with Crippen molar-refractivity contribution in [2.75, 3.05) is 43.6 Å². The minimum absolute atomic E-state index is 0.164. The standard InChI is InChI=1S/C22H24N8O3S/c1-28-17-5-3-4-6-18(17)30(22(28)32)21-27-16(12-34-21)20(31)26-15-9-23-13-25-19(15)29-8-7-24-14(10-29)11-33-2/h3-6,9,12-14,24H,7-8,10-11H2,1-2H3,(H,26,31)/t14-/m1/s1. The Morgan fingerprint density at radius 1 is 1.32 bits per heavy atom. The molecular weight excluding hydrogens is 456 g/mol. The molecule has 1 saturated heterocycles. The van der Waals surface area contributed by atoms with E-state index in [1.54, 1.807) is 30.3 Å². The Labute approximate surface area is 199 Å². The molecular formula is C22H24N8O3S. The molecule has 176 valence electrons. The lowest BCUT2D eigenvalue weighted by Gasteiger charge is -2.34. The van der Waals surface area contributed by atoms with Gasteiger partial charge in [0.25, 0.3) is 5.91 Å². The first-order valence-corrected chi connectivity index (χ1v) is 11.7. The lowest BCUT2D eigenvalue weighted by Crippen LogP contribution is -2.53. The molecule has 0 aliphatic carbocycles. The number of nitrogens with one attached hydrogen (secondary N) is 2. The number of para-hydroxylation sites is 2. The Morgan fingerprint density at radius 2 is 2.15 bits per heavy atom. The van der Waals surface area contributed by atoms with Gasteiger partial charge in [-0.05, 0) is 12.1 Å². The number of aryl methyl sites for hydroxylation is 1. The van der Waals surface area contributed by atoms with Crippen molar-refractivity contribution >= 4 is 39.8 Å². The fraction of sp³-hybridized carbons (Fsp3) is 0.318. The molecule has 3 aromatic heterocycles. The summed E-state index contributed by atoms with van der Waals surface area (Å²) in [7, 11) is 3.39. The van der Waals surface area contributed by atoms with Crippen LogP contribution in [-0.2, 0) is 11.8 Å². The number of benzene rings is 1. The number of amides is 1. The fourth-order valence-corrected chi connectivity index (χ4v) is 4.94. The molecule has 0 radical (unpaired) electrons. The number of carbonyl (C=O) groups is 1. The number of imidazole rings is 1. The topological polar surface area (TPSA) is 119 Å². The van der Waals surface area contributed by atoms with E-state index in [1.807, 2.05) is 24.3 Å². The normalized spacial score (nSPS) is 16.2. The summed E-state index contributed by atoms with van der Waals surface area (Å²) in [6, 6.07) is 7.64. The van der Waals surface area contributed by atoms with E-state index in [2.05, 4.69) is 30.5 Å². The number of hydrogen-bond acceptors (Lipinski definition) is 9. The van der Waals surface area contributed by atoms with Crippen LogP contribution in [0.25, 0.3) is 16.2 Å². The number of rotatable bonds is 6. The van der Waals surface area contributed by atoms with Crippen molar-refractivity contribution in [2.45, 2.75) is 6.04 Å². The summed E-state index contributed by atoms with van der Waals surface area (Å²) in [4.78, 5) is 40.9. The number of nitrogens with zero attached hydrogens (tertiary/aromatic N) is 6. The molecule has 0 saturated carbocycles. The van der Waals surface area contributed by atoms with Gasteiger partial charge in [-0.1, -0.05) is 12.1 Å². The third-order valence-electron chi connectivity index (χ3n) is 5.74. The molecule has 4 aromatic rings. The SMILES string of the molecule is COC[C@H]1CN(c2ncncc2NC(=O)c2csc(-n3c(=O)n(C)c4ccccc43)n2)CCN1. The zero-order valence-corrected chi connectivity index (χ0v) is 19.6. The van der Waals surface area contributed by atoms with E-state index in [4.69, 9.17) is 4.74 Å². The smallest absolute Gasteiger partial charge is 0.335 e. The van der Waals surface area contributed by atoms with Crippen LogP contribution in [0.5, 0.6) is 0 Å². The number of methoxy groups -OCH3 is 1. The molecule has 0 spiro atoms. The molecule has 2 N–H and O–H groups in total. The van der Waals surface area contributed by atoms with Gasteiger partial charge in [-0.2, -0.15) is 0 Å². The number of ether oxygens (including phenoxy) is 1. The van der Waals surface area contributed by atoms with Crippen LogP contribution in [0.15, 0.2) is 47.0 Å².